The predicted octanol–water partition coefficient (Wildman–Crippen LogP) is 4.44. The molecule has 0 amide bonds. The van der Waals surface area contributed by atoms with E-state index in [-0.39, 0.29) is 18.8 Å². The number of aryl methyl sites for hydroxylation is 2. The number of hydrogen-bond acceptors (Lipinski definition) is 4. The van der Waals surface area contributed by atoms with Crippen molar-refractivity contribution in [3.05, 3.63) is 42.3 Å². The first-order valence-corrected chi connectivity index (χ1v) is 12.2. The van der Waals surface area contributed by atoms with E-state index in [1.807, 2.05) is 46.4 Å². The van der Waals surface area contributed by atoms with Gasteiger partial charge in [-0.05, 0) is 44.0 Å². The zero-order chi connectivity index (χ0) is 26.8. The Morgan fingerprint density at radius 2 is 1.78 bits per heavy atom. The lowest BCUT2D eigenvalue weighted by molar-refractivity contribution is -0.142. The first-order valence-electron chi connectivity index (χ1n) is 12.2. The van der Waals surface area contributed by atoms with Gasteiger partial charge in [0.2, 0.25) is 5.92 Å². The van der Waals surface area contributed by atoms with Gasteiger partial charge in [-0.2, -0.15) is 18.3 Å². The molecule has 1 aliphatic carbocycles. The van der Waals surface area contributed by atoms with E-state index in [0.717, 1.165) is 21.3 Å². The standard InChI is InChI=1S/C24H26B2F5N5O/c1-13-20(14(2)37-34-13)15-7-19-21(32-8-15)18(16-9-33-35(10-16)12-23(29,30)31)11-36(19)24(25,26)17-3-5-22(27,28)6-4-17/h7-11,17H,3-6,12,25-26H2,1-2H3. The van der Waals surface area contributed by atoms with Gasteiger partial charge in [-0.1, -0.05) is 5.16 Å². The van der Waals surface area contributed by atoms with Crippen molar-refractivity contribution >= 4 is 26.7 Å². The van der Waals surface area contributed by atoms with Crippen LogP contribution >= 0.6 is 0 Å². The van der Waals surface area contributed by atoms with Crippen LogP contribution in [0.4, 0.5) is 22.0 Å². The highest BCUT2D eigenvalue weighted by Crippen LogP contribution is 2.43. The van der Waals surface area contributed by atoms with Crippen LogP contribution in [0.2, 0.25) is 0 Å². The maximum absolute atomic E-state index is 13.9. The summed E-state index contributed by atoms with van der Waals surface area (Å²) in [6, 6.07) is 1.96. The van der Waals surface area contributed by atoms with E-state index in [0.29, 0.717) is 40.9 Å². The van der Waals surface area contributed by atoms with Crippen LogP contribution < -0.4 is 0 Å². The largest absolute Gasteiger partial charge is 0.408 e. The highest BCUT2D eigenvalue weighted by molar-refractivity contribution is 6.38. The molecule has 0 N–H and O–H groups in total. The highest BCUT2D eigenvalue weighted by Gasteiger charge is 2.42. The van der Waals surface area contributed by atoms with Gasteiger partial charge in [-0.3, -0.25) is 9.67 Å². The van der Waals surface area contributed by atoms with E-state index in [1.165, 1.54) is 12.4 Å². The molecule has 0 unspecified atom stereocenters. The molecule has 4 aromatic heterocycles. The summed E-state index contributed by atoms with van der Waals surface area (Å²) in [5.41, 5.74) is 4.78. The second kappa shape index (κ2) is 8.73. The highest BCUT2D eigenvalue weighted by atomic mass is 19.4. The molecule has 0 aliphatic heterocycles. The zero-order valence-electron chi connectivity index (χ0n) is 21.0. The van der Waals surface area contributed by atoms with Crippen molar-refractivity contribution in [2.75, 3.05) is 0 Å². The molecule has 1 saturated carbocycles. The molecule has 194 valence electrons. The normalized spacial score (nSPS) is 17.1. The first kappa shape index (κ1) is 25.5. The number of rotatable bonds is 5. The number of nitrogens with zero attached hydrogens (tertiary/aromatic N) is 5. The van der Waals surface area contributed by atoms with Gasteiger partial charge in [0, 0.05) is 53.7 Å². The molecule has 6 nitrogen and oxygen atoms in total. The van der Waals surface area contributed by atoms with Crippen molar-refractivity contribution < 1.29 is 26.5 Å². The molecular formula is C24H26B2F5N5O. The van der Waals surface area contributed by atoms with E-state index in [9.17, 15) is 22.0 Å². The summed E-state index contributed by atoms with van der Waals surface area (Å²) in [5.74, 6) is -2.04. The topological polar surface area (TPSA) is 61.7 Å². The Bertz CT molecular complexity index is 1430. The molecule has 0 radical (unpaired) electrons. The quantitative estimate of drug-likeness (QED) is 0.291. The van der Waals surface area contributed by atoms with Gasteiger partial charge in [0.15, 0.2) is 0 Å². The summed E-state index contributed by atoms with van der Waals surface area (Å²) in [5, 5.41) is 7.37. The van der Waals surface area contributed by atoms with Gasteiger partial charge in [-0.25, -0.2) is 8.78 Å². The molecule has 1 fully saturated rings. The minimum atomic E-state index is -4.40. The van der Waals surface area contributed by atoms with Crippen molar-refractivity contribution in [1.82, 2.24) is 24.5 Å². The summed E-state index contributed by atoms with van der Waals surface area (Å²) >= 11 is 0. The summed E-state index contributed by atoms with van der Waals surface area (Å²) in [4.78, 5) is 4.71. The molecular weight excluding hydrogens is 491 g/mol. The molecule has 0 atom stereocenters. The van der Waals surface area contributed by atoms with Crippen molar-refractivity contribution in [1.29, 1.82) is 0 Å². The fourth-order valence-electron chi connectivity index (χ4n) is 5.54. The van der Waals surface area contributed by atoms with Crippen LogP contribution in [0.5, 0.6) is 0 Å². The van der Waals surface area contributed by atoms with Crippen molar-refractivity contribution in [2.45, 2.75) is 63.5 Å². The third-order valence-corrected chi connectivity index (χ3v) is 7.59. The Labute approximate surface area is 212 Å². The summed E-state index contributed by atoms with van der Waals surface area (Å²) in [7, 11) is 4.03. The first-order chi connectivity index (χ1) is 17.2. The SMILES string of the molecule is BC(B)(C1CCC(F)(F)CC1)n1cc(-c2cnn(CC(F)(F)F)c2)c2ncc(-c3c(C)noc3C)cc21. The number of fused-ring (bicyclic) bond motifs is 1. The van der Waals surface area contributed by atoms with Gasteiger partial charge < -0.3 is 9.09 Å². The minimum absolute atomic E-state index is 0.0220. The van der Waals surface area contributed by atoms with Crippen LogP contribution in [0, 0.1) is 19.8 Å². The molecule has 0 saturated heterocycles. The van der Waals surface area contributed by atoms with Crippen LogP contribution in [0.1, 0.15) is 37.1 Å². The summed E-state index contributed by atoms with van der Waals surface area (Å²) in [6.45, 7) is 2.45. The monoisotopic (exact) mass is 517 g/mol. The Morgan fingerprint density at radius 1 is 1.08 bits per heavy atom. The van der Waals surface area contributed by atoms with Crippen LogP contribution in [0.15, 0.2) is 35.4 Å². The van der Waals surface area contributed by atoms with E-state index >= 15 is 0 Å². The third-order valence-electron chi connectivity index (χ3n) is 7.59. The lowest BCUT2D eigenvalue weighted by atomic mass is 9.52. The Kier molecular flexibility index (Phi) is 6.03. The maximum atomic E-state index is 13.9. The number of pyridine rings is 1. The molecule has 13 heteroatoms. The summed E-state index contributed by atoms with van der Waals surface area (Å²) in [6.07, 6.45) is 2.30. The molecule has 4 aromatic rings. The summed E-state index contributed by atoms with van der Waals surface area (Å²) < 4.78 is 74.9. The molecule has 1 aliphatic rings. The zero-order valence-corrected chi connectivity index (χ0v) is 21.0. The van der Waals surface area contributed by atoms with E-state index in [1.54, 1.807) is 6.20 Å². The minimum Gasteiger partial charge on any atom is -0.361 e. The molecule has 0 spiro atoms. The van der Waals surface area contributed by atoms with Crippen molar-refractivity contribution in [3.63, 3.8) is 0 Å². The van der Waals surface area contributed by atoms with Gasteiger partial charge in [0.05, 0.1) is 22.9 Å². The number of alkyl halides is 5. The van der Waals surface area contributed by atoms with Crippen molar-refractivity contribution in [3.8, 4) is 22.3 Å². The average Bonchev–Trinajstić information content (AvgIpc) is 3.49. The number of halogens is 5. The van der Waals surface area contributed by atoms with Gasteiger partial charge in [0.25, 0.3) is 0 Å². The van der Waals surface area contributed by atoms with Gasteiger partial charge >= 0.3 is 6.18 Å². The van der Waals surface area contributed by atoms with E-state index in [2.05, 4.69) is 10.3 Å². The maximum Gasteiger partial charge on any atom is 0.408 e. The van der Waals surface area contributed by atoms with Crippen LogP contribution in [0.25, 0.3) is 33.3 Å². The van der Waals surface area contributed by atoms with E-state index < -0.39 is 24.0 Å². The fraction of sp³-hybridized carbons (Fsp3) is 0.458. The number of aromatic nitrogens is 5. The van der Waals surface area contributed by atoms with Gasteiger partial charge in [0.1, 0.15) is 28.0 Å². The molecule has 0 bridgehead atoms. The lowest BCUT2D eigenvalue weighted by Crippen LogP contribution is -2.45. The molecule has 4 heterocycles. The number of hydrogen-bond donors (Lipinski definition) is 0. The fourth-order valence-corrected chi connectivity index (χ4v) is 5.54. The van der Waals surface area contributed by atoms with Crippen molar-refractivity contribution in [2.24, 2.45) is 5.92 Å². The lowest BCUT2D eigenvalue weighted by Gasteiger charge is -2.41. The molecule has 37 heavy (non-hydrogen) atoms. The smallest absolute Gasteiger partial charge is 0.361 e. The second-order valence-electron chi connectivity index (χ2n) is 10.5. The Balaban J connectivity index is 1.65. The predicted molar refractivity (Wildman–Crippen MR) is 134 cm³/mol. The van der Waals surface area contributed by atoms with Crippen LogP contribution in [-0.4, -0.2) is 52.3 Å². The van der Waals surface area contributed by atoms with Crippen LogP contribution in [0.3, 0.4) is 0 Å². The Hall–Kier alpha value is -3.11. The average molecular weight is 517 g/mol. The Morgan fingerprint density at radius 3 is 2.41 bits per heavy atom. The second-order valence-corrected chi connectivity index (χ2v) is 10.5. The van der Waals surface area contributed by atoms with Crippen LogP contribution in [-0.2, 0) is 11.9 Å². The third kappa shape index (κ3) is 4.80. The molecule has 5 rings (SSSR count). The molecule has 0 aromatic carbocycles. The van der Waals surface area contributed by atoms with E-state index in [4.69, 9.17) is 9.51 Å². The van der Waals surface area contributed by atoms with Gasteiger partial charge in [-0.15, -0.1) is 0 Å².